The third-order valence-electron chi connectivity index (χ3n) is 3.37. The molecular formula is C15H14Cl2N2O. The number of aromatic amines is 1. The highest BCUT2D eigenvalue weighted by atomic mass is 35.5. The lowest BCUT2D eigenvalue weighted by atomic mass is 10.1. The van der Waals surface area contributed by atoms with Gasteiger partial charge in [0.25, 0.3) is 5.56 Å². The fraction of sp³-hybridized carbons (Fsp3) is 0.267. The van der Waals surface area contributed by atoms with Crippen LogP contribution in [-0.4, -0.2) is 11.0 Å². The first kappa shape index (κ1) is 13.7. The van der Waals surface area contributed by atoms with Crippen LogP contribution < -0.4 is 10.9 Å². The summed E-state index contributed by atoms with van der Waals surface area (Å²) < 4.78 is 0. The summed E-state index contributed by atoms with van der Waals surface area (Å²) >= 11 is 12.0. The molecule has 3 rings (SSSR count). The molecule has 2 N–H and O–H groups in total. The van der Waals surface area contributed by atoms with Gasteiger partial charge in [0.2, 0.25) is 0 Å². The Balaban J connectivity index is 1.86. The van der Waals surface area contributed by atoms with E-state index in [1.54, 1.807) is 18.2 Å². The van der Waals surface area contributed by atoms with Crippen LogP contribution in [0.2, 0.25) is 10.0 Å². The molecule has 20 heavy (non-hydrogen) atoms. The maximum Gasteiger partial charge on any atom is 0.252 e. The quantitative estimate of drug-likeness (QED) is 0.906. The zero-order chi connectivity index (χ0) is 14.1. The van der Waals surface area contributed by atoms with Gasteiger partial charge in [-0.1, -0.05) is 29.3 Å². The van der Waals surface area contributed by atoms with Crippen LogP contribution >= 0.6 is 23.2 Å². The summed E-state index contributed by atoms with van der Waals surface area (Å²) in [6.07, 6.45) is 2.41. The average Bonchev–Trinajstić information content (AvgIpc) is 3.21. The second-order valence-electron chi connectivity index (χ2n) is 5.01. The van der Waals surface area contributed by atoms with Crippen molar-refractivity contribution in [1.82, 2.24) is 10.3 Å². The maximum atomic E-state index is 12.1. The van der Waals surface area contributed by atoms with Crippen LogP contribution in [0.15, 0.2) is 35.1 Å². The van der Waals surface area contributed by atoms with Gasteiger partial charge < -0.3 is 10.3 Å². The zero-order valence-corrected chi connectivity index (χ0v) is 12.3. The highest BCUT2D eigenvalue weighted by molar-refractivity contribution is 6.36. The molecule has 1 aromatic heterocycles. The van der Waals surface area contributed by atoms with Crippen molar-refractivity contribution in [3.8, 4) is 11.3 Å². The first-order valence-corrected chi connectivity index (χ1v) is 7.30. The molecule has 5 heteroatoms. The Morgan fingerprint density at radius 2 is 2.00 bits per heavy atom. The normalized spacial score (nSPS) is 14.5. The molecule has 0 atom stereocenters. The standard InChI is InChI=1S/C15H14Cl2N2O/c16-10-2-5-12(13(17)7-10)14-6-1-9(15(20)19-14)8-18-11-3-4-11/h1-2,5-7,11,18H,3-4,8H2,(H,19,20). The van der Waals surface area contributed by atoms with Crippen molar-refractivity contribution in [3.63, 3.8) is 0 Å². The summed E-state index contributed by atoms with van der Waals surface area (Å²) in [5, 5.41) is 4.43. The Hall–Kier alpha value is -1.29. The molecule has 1 saturated carbocycles. The minimum Gasteiger partial charge on any atom is -0.322 e. The first-order chi connectivity index (χ1) is 9.63. The van der Waals surface area contributed by atoms with Crippen molar-refractivity contribution in [1.29, 1.82) is 0 Å². The van der Waals surface area contributed by atoms with E-state index in [2.05, 4.69) is 10.3 Å². The van der Waals surface area contributed by atoms with E-state index in [0.717, 1.165) is 11.1 Å². The summed E-state index contributed by atoms with van der Waals surface area (Å²) in [5.74, 6) is 0. The van der Waals surface area contributed by atoms with Crippen LogP contribution in [0.25, 0.3) is 11.3 Å². The Labute approximate surface area is 126 Å². The molecule has 1 aromatic carbocycles. The zero-order valence-electron chi connectivity index (χ0n) is 10.7. The fourth-order valence-corrected chi connectivity index (χ4v) is 2.56. The number of pyridine rings is 1. The minimum atomic E-state index is -0.0818. The maximum absolute atomic E-state index is 12.1. The van der Waals surface area contributed by atoms with Gasteiger partial charge in [-0.05, 0) is 37.1 Å². The molecular weight excluding hydrogens is 295 g/mol. The van der Waals surface area contributed by atoms with Gasteiger partial charge in [-0.15, -0.1) is 0 Å². The Kier molecular flexibility index (Phi) is 3.83. The van der Waals surface area contributed by atoms with Crippen LogP contribution in [-0.2, 0) is 6.54 Å². The van der Waals surface area contributed by atoms with Crippen molar-refractivity contribution in [2.45, 2.75) is 25.4 Å². The topological polar surface area (TPSA) is 44.9 Å². The molecule has 0 bridgehead atoms. The molecule has 2 aromatic rings. The van der Waals surface area contributed by atoms with E-state index in [1.165, 1.54) is 12.8 Å². The fourth-order valence-electron chi connectivity index (χ4n) is 2.05. The number of hydrogen-bond donors (Lipinski definition) is 2. The Morgan fingerprint density at radius 1 is 1.20 bits per heavy atom. The number of nitrogens with one attached hydrogen (secondary N) is 2. The SMILES string of the molecule is O=c1[nH]c(-c2ccc(Cl)cc2Cl)ccc1CNC1CC1. The molecule has 3 nitrogen and oxygen atoms in total. The van der Waals surface area contributed by atoms with Crippen LogP contribution in [0.5, 0.6) is 0 Å². The lowest BCUT2D eigenvalue weighted by Gasteiger charge is -2.07. The number of rotatable bonds is 4. The van der Waals surface area contributed by atoms with Gasteiger partial charge in [-0.25, -0.2) is 0 Å². The third kappa shape index (κ3) is 3.06. The largest absolute Gasteiger partial charge is 0.322 e. The minimum absolute atomic E-state index is 0.0818. The van der Waals surface area contributed by atoms with E-state index in [9.17, 15) is 4.79 Å². The van der Waals surface area contributed by atoms with E-state index in [0.29, 0.717) is 28.3 Å². The monoisotopic (exact) mass is 308 g/mol. The van der Waals surface area contributed by atoms with Gasteiger partial charge in [-0.3, -0.25) is 4.79 Å². The van der Waals surface area contributed by atoms with E-state index < -0.39 is 0 Å². The van der Waals surface area contributed by atoms with Gasteiger partial charge in [0.05, 0.1) is 5.02 Å². The van der Waals surface area contributed by atoms with Gasteiger partial charge >= 0.3 is 0 Å². The van der Waals surface area contributed by atoms with Crippen molar-refractivity contribution < 1.29 is 0 Å². The van der Waals surface area contributed by atoms with E-state index in [4.69, 9.17) is 23.2 Å². The van der Waals surface area contributed by atoms with E-state index in [1.807, 2.05) is 12.1 Å². The smallest absolute Gasteiger partial charge is 0.252 e. The molecule has 104 valence electrons. The van der Waals surface area contributed by atoms with Gasteiger partial charge in [0.15, 0.2) is 0 Å². The molecule has 1 heterocycles. The number of aromatic nitrogens is 1. The molecule has 1 fully saturated rings. The highest BCUT2D eigenvalue weighted by Crippen LogP contribution is 2.28. The molecule has 0 amide bonds. The van der Waals surface area contributed by atoms with E-state index in [-0.39, 0.29) is 5.56 Å². The van der Waals surface area contributed by atoms with Crippen LogP contribution in [0, 0.1) is 0 Å². The Morgan fingerprint density at radius 3 is 2.65 bits per heavy atom. The molecule has 0 spiro atoms. The number of H-pyrrole nitrogens is 1. The lowest BCUT2D eigenvalue weighted by molar-refractivity contribution is 0.682. The molecule has 0 saturated heterocycles. The van der Waals surface area contributed by atoms with E-state index >= 15 is 0 Å². The summed E-state index contributed by atoms with van der Waals surface area (Å²) in [7, 11) is 0. The van der Waals surface area contributed by atoms with Gasteiger partial charge in [0, 0.05) is 34.4 Å². The van der Waals surface area contributed by atoms with Crippen LogP contribution in [0.4, 0.5) is 0 Å². The number of hydrogen-bond acceptors (Lipinski definition) is 2. The summed E-state index contributed by atoms with van der Waals surface area (Å²) in [4.78, 5) is 14.9. The summed E-state index contributed by atoms with van der Waals surface area (Å²) in [6, 6.07) is 9.52. The van der Waals surface area contributed by atoms with Crippen molar-refractivity contribution in [3.05, 3.63) is 56.3 Å². The number of halogens is 2. The lowest BCUT2D eigenvalue weighted by Crippen LogP contribution is -2.22. The second-order valence-corrected chi connectivity index (χ2v) is 5.85. The first-order valence-electron chi connectivity index (χ1n) is 6.54. The Bertz CT molecular complexity index is 693. The van der Waals surface area contributed by atoms with Crippen molar-refractivity contribution >= 4 is 23.2 Å². The van der Waals surface area contributed by atoms with Crippen LogP contribution in [0.3, 0.4) is 0 Å². The average molecular weight is 309 g/mol. The summed E-state index contributed by atoms with van der Waals surface area (Å²) in [5.41, 5.74) is 2.13. The second kappa shape index (κ2) is 5.60. The van der Waals surface area contributed by atoms with Crippen molar-refractivity contribution in [2.75, 3.05) is 0 Å². The van der Waals surface area contributed by atoms with Gasteiger partial charge in [-0.2, -0.15) is 0 Å². The molecule has 0 unspecified atom stereocenters. The van der Waals surface area contributed by atoms with Crippen molar-refractivity contribution in [2.24, 2.45) is 0 Å². The predicted molar refractivity (Wildman–Crippen MR) is 82.4 cm³/mol. The number of benzene rings is 1. The molecule has 1 aliphatic rings. The highest BCUT2D eigenvalue weighted by Gasteiger charge is 2.20. The molecule has 0 aliphatic heterocycles. The van der Waals surface area contributed by atoms with Crippen LogP contribution in [0.1, 0.15) is 18.4 Å². The van der Waals surface area contributed by atoms with Gasteiger partial charge in [0.1, 0.15) is 0 Å². The third-order valence-corrected chi connectivity index (χ3v) is 3.92. The molecule has 0 radical (unpaired) electrons. The predicted octanol–water partition coefficient (Wildman–Crippen LogP) is 3.60. The summed E-state index contributed by atoms with van der Waals surface area (Å²) in [6.45, 7) is 0.606. The molecule has 1 aliphatic carbocycles.